The van der Waals surface area contributed by atoms with Gasteiger partial charge in [0.15, 0.2) is 0 Å². The first kappa shape index (κ1) is 13.9. The fraction of sp³-hybridized carbons (Fsp3) is 0.235. The van der Waals surface area contributed by atoms with E-state index in [1.165, 1.54) is 0 Å². The Balaban J connectivity index is 2.13. The van der Waals surface area contributed by atoms with Gasteiger partial charge >= 0.3 is 0 Å². The summed E-state index contributed by atoms with van der Waals surface area (Å²) in [4.78, 5) is 4.52. The van der Waals surface area contributed by atoms with E-state index in [9.17, 15) is 0 Å². The largest absolute Gasteiger partial charge is 0.344 e. The molecule has 0 spiro atoms. The Kier molecular flexibility index (Phi) is 3.84. The standard InChI is InChI=1S/C17H17NO3/c1-19-16-18-15(13-9-5-3-6-10-13)17(20-2,21-16)14-11-7-4-8-12-14/h3-12,16H,1-2H3/t16-,17-/m0/s1. The molecule has 4 nitrogen and oxygen atoms in total. The summed E-state index contributed by atoms with van der Waals surface area (Å²) in [7, 11) is 3.18. The third-order valence-electron chi connectivity index (χ3n) is 3.50. The van der Waals surface area contributed by atoms with Crippen molar-refractivity contribution in [3.05, 3.63) is 71.8 Å². The maximum Gasteiger partial charge on any atom is 0.261 e. The van der Waals surface area contributed by atoms with Gasteiger partial charge in [-0.3, -0.25) is 4.74 Å². The Morgan fingerprint density at radius 2 is 1.57 bits per heavy atom. The average Bonchev–Trinajstić information content (AvgIpc) is 2.97. The quantitative estimate of drug-likeness (QED) is 0.866. The van der Waals surface area contributed by atoms with Crippen LogP contribution in [0.1, 0.15) is 11.1 Å². The maximum absolute atomic E-state index is 5.95. The number of methoxy groups -OCH3 is 2. The Bertz CT molecular complexity index is 627. The van der Waals surface area contributed by atoms with Crippen LogP contribution in [0.3, 0.4) is 0 Å². The summed E-state index contributed by atoms with van der Waals surface area (Å²) in [5.74, 6) is -1.05. The molecule has 0 aromatic heterocycles. The second-order valence-corrected chi connectivity index (χ2v) is 4.69. The third-order valence-corrected chi connectivity index (χ3v) is 3.50. The van der Waals surface area contributed by atoms with Crippen molar-refractivity contribution < 1.29 is 14.2 Å². The molecule has 0 radical (unpaired) electrons. The summed E-state index contributed by atoms with van der Waals surface area (Å²) in [6, 6.07) is 19.6. The van der Waals surface area contributed by atoms with Gasteiger partial charge in [0.2, 0.25) is 5.79 Å². The molecule has 1 aliphatic heterocycles. The van der Waals surface area contributed by atoms with Gasteiger partial charge in [-0.2, -0.15) is 0 Å². The molecule has 0 saturated carbocycles. The van der Waals surface area contributed by atoms with Crippen molar-refractivity contribution in [2.24, 2.45) is 4.99 Å². The monoisotopic (exact) mass is 283 g/mol. The highest BCUT2D eigenvalue weighted by Gasteiger charge is 2.47. The SMILES string of the molecule is CO[C@@H]1N=C(c2ccccc2)[C@](OC)(c2ccccc2)O1. The van der Waals surface area contributed by atoms with Gasteiger partial charge in [-0.1, -0.05) is 60.7 Å². The molecule has 0 saturated heterocycles. The highest BCUT2D eigenvalue weighted by molar-refractivity contribution is 6.07. The molecule has 3 rings (SSSR count). The molecule has 21 heavy (non-hydrogen) atoms. The average molecular weight is 283 g/mol. The molecule has 0 N–H and O–H groups in total. The van der Waals surface area contributed by atoms with E-state index in [1.54, 1.807) is 14.2 Å². The van der Waals surface area contributed by atoms with Gasteiger partial charge in [-0.15, -0.1) is 0 Å². The molecule has 2 atom stereocenters. The third kappa shape index (κ3) is 2.38. The first-order chi connectivity index (χ1) is 10.3. The first-order valence-corrected chi connectivity index (χ1v) is 6.75. The molecule has 2 aromatic carbocycles. The first-order valence-electron chi connectivity index (χ1n) is 6.75. The van der Waals surface area contributed by atoms with Gasteiger partial charge in [0.05, 0.1) is 0 Å². The lowest BCUT2D eigenvalue weighted by Crippen LogP contribution is -2.38. The molecule has 0 bridgehead atoms. The van der Waals surface area contributed by atoms with Gasteiger partial charge in [-0.05, 0) is 0 Å². The summed E-state index contributed by atoms with van der Waals surface area (Å²) in [5.41, 5.74) is 2.54. The molecule has 108 valence electrons. The maximum atomic E-state index is 5.95. The number of hydrogen-bond acceptors (Lipinski definition) is 4. The van der Waals surface area contributed by atoms with Gasteiger partial charge in [-0.25, -0.2) is 4.99 Å². The number of hydrogen-bond donors (Lipinski definition) is 0. The fourth-order valence-electron chi connectivity index (χ4n) is 2.50. The van der Waals surface area contributed by atoms with Crippen LogP contribution in [0.25, 0.3) is 0 Å². The van der Waals surface area contributed by atoms with Crippen molar-refractivity contribution in [2.45, 2.75) is 12.2 Å². The molecule has 1 heterocycles. The van der Waals surface area contributed by atoms with E-state index in [1.807, 2.05) is 60.7 Å². The minimum Gasteiger partial charge on any atom is -0.344 e. The van der Waals surface area contributed by atoms with E-state index in [0.29, 0.717) is 5.71 Å². The zero-order valence-corrected chi connectivity index (χ0v) is 12.0. The van der Waals surface area contributed by atoms with Crippen molar-refractivity contribution >= 4 is 5.71 Å². The van der Waals surface area contributed by atoms with Crippen LogP contribution in [0, 0.1) is 0 Å². The molecule has 4 heteroatoms. The summed E-state index contributed by atoms with van der Waals surface area (Å²) in [5, 5.41) is 0. The Labute approximate surface area is 124 Å². The number of ether oxygens (including phenoxy) is 3. The summed E-state index contributed by atoms with van der Waals surface area (Å²) >= 11 is 0. The number of aliphatic imine (C=N–C) groups is 1. The fourth-order valence-corrected chi connectivity index (χ4v) is 2.50. The molecular formula is C17H17NO3. The number of nitrogens with zero attached hydrogens (tertiary/aromatic N) is 1. The van der Waals surface area contributed by atoms with Crippen LogP contribution in [0.2, 0.25) is 0 Å². The zero-order chi connectivity index (χ0) is 14.7. The topological polar surface area (TPSA) is 40.0 Å². The molecule has 0 aliphatic carbocycles. The molecule has 1 aliphatic rings. The molecule has 2 aromatic rings. The van der Waals surface area contributed by atoms with E-state index < -0.39 is 12.2 Å². The lowest BCUT2D eigenvalue weighted by Gasteiger charge is -2.29. The lowest BCUT2D eigenvalue weighted by atomic mass is 9.95. The highest BCUT2D eigenvalue weighted by atomic mass is 16.8. The second kappa shape index (κ2) is 5.77. The lowest BCUT2D eigenvalue weighted by molar-refractivity contribution is -0.248. The van der Waals surface area contributed by atoms with Gasteiger partial charge < -0.3 is 9.47 Å². The minimum absolute atomic E-state index is 0.680. The van der Waals surface area contributed by atoms with Crippen LogP contribution in [-0.4, -0.2) is 26.3 Å². The van der Waals surface area contributed by atoms with Gasteiger partial charge in [0.1, 0.15) is 5.71 Å². The van der Waals surface area contributed by atoms with Crippen LogP contribution in [-0.2, 0) is 20.0 Å². The van der Waals surface area contributed by atoms with E-state index in [0.717, 1.165) is 11.1 Å². The van der Waals surface area contributed by atoms with E-state index >= 15 is 0 Å². The molecular weight excluding hydrogens is 266 g/mol. The van der Waals surface area contributed by atoms with Crippen LogP contribution in [0.4, 0.5) is 0 Å². The Morgan fingerprint density at radius 1 is 0.952 bits per heavy atom. The number of benzene rings is 2. The molecule has 0 fully saturated rings. The zero-order valence-electron chi connectivity index (χ0n) is 12.0. The van der Waals surface area contributed by atoms with Crippen molar-refractivity contribution in [3.63, 3.8) is 0 Å². The predicted molar refractivity (Wildman–Crippen MR) is 80.0 cm³/mol. The number of rotatable bonds is 4. The predicted octanol–water partition coefficient (Wildman–Crippen LogP) is 2.94. The van der Waals surface area contributed by atoms with Crippen molar-refractivity contribution in [1.82, 2.24) is 0 Å². The van der Waals surface area contributed by atoms with Crippen molar-refractivity contribution in [1.29, 1.82) is 0 Å². The van der Waals surface area contributed by atoms with Gasteiger partial charge in [0.25, 0.3) is 6.41 Å². The second-order valence-electron chi connectivity index (χ2n) is 4.69. The van der Waals surface area contributed by atoms with Crippen molar-refractivity contribution in [2.75, 3.05) is 14.2 Å². The summed E-state index contributed by atoms with van der Waals surface area (Å²) in [6.45, 7) is 0. The van der Waals surface area contributed by atoms with E-state index in [4.69, 9.17) is 14.2 Å². The summed E-state index contributed by atoms with van der Waals surface area (Å²) < 4.78 is 17.0. The Morgan fingerprint density at radius 3 is 2.14 bits per heavy atom. The van der Waals surface area contributed by atoms with Crippen LogP contribution in [0.15, 0.2) is 65.7 Å². The normalized spacial score (nSPS) is 24.9. The Hall–Kier alpha value is -2.01. The van der Waals surface area contributed by atoms with E-state index in [-0.39, 0.29) is 0 Å². The van der Waals surface area contributed by atoms with Crippen molar-refractivity contribution in [3.8, 4) is 0 Å². The van der Waals surface area contributed by atoms with Crippen LogP contribution < -0.4 is 0 Å². The van der Waals surface area contributed by atoms with E-state index in [2.05, 4.69) is 4.99 Å². The van der Waals surface area contributed by atoms with Crippen LogP contribution in [0.5, 0.6) is 0 Å². The molecule has 0 amide bonds. The highest BCUT2D eigenvalue weighted by Crippen LogP contribution is 2.37. The summed E-state index contributed by atoms with van der Waals surface area (Å²) in [6.07, 6.45) is -0.680. The minimum atomic E-state index is -1.05. The van der Waals surface area contributed by atoms with Gasteiger partial charge in [0, 0.05) is 25.3 Å². The smallest absolute Gasteiger partial charge is 0.261 e. The molecule has 0 unspecified atom stereocenters. The van der Waals surface area contributed by atoms with Crippen LogP contribution >= 0.6 is 0 Å².